The van der Waals surface area contributed by atoms with E-state index >= 15 is 0 Å². The third-order valence-corrected chi connectivity index (χ3v) is 8.13. The van der Waals surface area contributed by atoms with Crippen molar-refractivity contribution in [2.75, 3.05) is 20.6 Å². The summed E-state index contributed by atoms with van der Waals surface area (Å²) in [7, 11) is 4.19. The molecular weight excluding hydrogens is 536 g/mol. The predicted molar refractivity (Wildman–Crippen MR) is 158 cm³/mol. The Kier molecular flexibility index (Phi) is 6.68. The summed E-state index contributed by atoms with van der Waals surface area (Å²) in [4.78, 5) is 7.23. The van der Waals surface area contributed by atoms with Crippen LogP contribution in [0.1, 0.15) is 41.9 Å². The third kappa shape index (κ3) is 4.60. The number of hydrogen-bond donors (Lipinski definition) is 1. The van der Waals surface area contributed by atoms with Gasteiger partial charge in [0.2, 0.25) is 5.88 Å². The molecule has 6 rings (SSSR count). The molecule has 5 heteroatoms. The summed E-state index contributed by atoms with van der Waals surface area (Å²) in [6.07, 6.45) is 2.52. The van der Waals surface area contributed by atoms with E-state index < -0.39 is 5.60 Å². The maximum absolute atomic E-state index is 12.9. The quantitative estimate of drug-likeness (QED) is 0.211. The Balaban J connectivity index is 1.63. The van der Waals surface area contributed by atoms with Crippen molar-refractivity contribution in [3.8, 4) is 11.6 Å². The van der Waals surface area contributed by atoms with E-state index in [0.29, 0.717) is 12.3 Å². The highest BCUT2D eigenvalue weighted by Crippen LogP contribution is 2.52. The van der Waals surface area contributed by atoms with E-state index in [2.05, 4.69) is 77.4 Å². The Morgan fingerprint density at radius 1 is 0.895 bits per heavy atom. The number of benzene rings is 4. The molecule has 2 atom stereocenters. The lowest BCUT2D eigenvalue weighted by atomic mass is 9.70. The smallest absolute Gasteiger partial charge is 0.223 e. The Morgan fingerprint density at radius 3 is 2.50 bits per heavy atom. The average molecular weight is 568 g/mol. The molecule has 0 saturated heterocycles. The van der Waals surface area contributed by atoms with Crippen LogP contribution in [0.3, 0.4) is 0 Å². The first-order chi connectivity index (χ1) is 18.4. The molecule has 4 nitrogen and oxygen atoms in total. The fourth-order valence-electron chi connectivity index (χ4n) is 5.78. The Labute approximate surface area is 232 Å². The van der Waals surface area contributed by atoms with Crippen molar-refractivity contribution < 1.29 is 9.84 Å². The molecule has 0 spiro atoms. The van der Waals surface area contributed by atoms with Gasteiger partial charge in [-0.05, 0) is 86.7 Å². The fourth-order valence-corrected chi connectivity index (χ4v) is 6.13. The van der Waals surface area contributed by atoms with Gasteiger partial charge in [-0.3, -0.25) is 0 Å². The largest absolute Gasteiger partial charge is 0.438 e. The molecule has 0 aliphatic carbocycles. The van der Waals surface area contributed by atoms with E-state index in [1.807, 2.05) is 48.5 Å². The molecule has 1 aliphatic heterocycles. The van der Waals surface area contributed by atoms with Gasteiger partial charge >= 0.3 is 0 Å². The number of unbranched alkanes of at least 4 members (excludes halogenated alkanes) is 1. The highest BCUT2D eigenvalue weighted by Gasteiger charge is 2.43. The van der Waals surface area contributed by atoms with Crippen LogP contribution >= 0.6 is 15.9 Å². The second-order valence-electron chi connectivity index (χ2n) is 10.5. The number of ether oxygens (including phenoxy) is 1. The van der Waals surface area contributed by atoms with Gasteiger partial charge in [0.05, 0.1) is 5.52 Å². The van der Waals surface area contributed by atoms with E-state index in [9.17, 15) is 5.11 Å². The summed E-state index contributed by atoms with van der Waals surface area (Å²) in [6, 6.07) is 30.9. The Hall–Kier alpha value is -3.25. The lowest BCUT2D eigenvalue weighted by Gasteiger charge is -2.40. The third-order valence-electron chi connectivity index (χ3n) is 7.64. The van der Waals surface area contributed by atoms with E-state index in [4.69, 9.17) is 9.72 Å². The summed E-state index contributed by atoms with van der Waals surface area (Å²) in [6.45, 7) is 0.982. The van der Waals surface area contributed by atoms with Crippen LogP contribution in [-0.2, 0) is 5.60 Å². The lowest BCUT2D eigenvalue weighted by molar-refractivity contribution is 0.00610. The van der Waals surface area contributed by atoms with Gasteiger partial charge in [-0.25, -0.2) is 4.98 Å². The monoisotopic (exact) mass is 566 g/mol. The number of nitrogens with zero attached hydrogens (tertiary/aromatic N) is 2. The summed E-state index contributed by atoms with van der Waals surface area (Å²) < 4.78 is 7.63. The molecule has 0 saturated carbocycles. The van der Waals surface area contributed by atoms with Crippen LogP contribution in [0, 0.1) is 0 Å². The van der Waals surface area contributed by atoms with Crippen LogP contribution in [0.15, 0.2) is 95.5 Å². The normalized spacial score (nSPS) is 18.7. The molecule has 1 N–H and O–H groups in total. The van der Waals surface area contributed by atoms with Crippen LogP contribution in [0.4, 0.5) is 0 Å². The molecule has 1 aliphatic rings. The summed E-state index contributed by atoms with van der Waals surface area (Å²) in [5, 5.41) is 16.0. The molecule has 4 aromatic carbocycles. The highest BCUT2D eigenvalue weighted by molar-refractivity contribution is 9.10. The van der Waals surface area contributed by atoms with E-state index in [-0.39, 0.29) is 5.92 Å². The zero-order valence-corrected chi connectivity index (χ0v) is 23.3. The SMILES string of the molecule is CN(C)CCCCC1(O)c2cc(c3ccccc3c2)Oc2nc3cc(Br)ccc3cc2C1c1ccccc1. The number of aliphatic hydroxyl groups is 1. The van der Waals surface area contributed by atoms with Crippen molar-refractivity contribution in [1.82, 2.24) is 9.88 Å². The van der Waals surface area contributed by atoms with Crippen LogP contribution < -0.4 is 4.74 Å². The molecule has 2 unspecified atom stereocenters. The van der Waals surface area contributed by atoms with Gasteiger partial charge in [0.25, 0.3) is 0 Å². The minimum atomic E-state index is -1.16. The maximum atomic E-state index is 12.9. The van der Waals surface area contributed by atoms with Gasteiger partial charge < -0.3 is 14.7 Å². The number of fused-ring (bicyclic) bond motifs is 6. The average Bonchev–Trinajstić information content (AvgIpc) is 2.91. The van der Waals surface area contributed by atoms with Crippen molar-refractivity contribution in [3.05, 3.63) is 112 Å². The van der Waals surface area contributed by atoms with Crippen LogP contribution in [0.5, 0.6) is 11.6 Å². The van der Waals surface area contributed by atoms with Gasteiger partial charge in [0.15, 0.2) is 0 Å². The summed E-state index contributed by atoms with van der Waals surface area (Å²) >= 11 is 3.59. The molecule has 5 aromatic rings. The van der Waals surface area contributed by atoms with Crippen molar-refractivity contribution in [2.45, 2.75) is 30.8 Å². The van der Waals surface area contributed by atoms with Crippen LogP contribution in [-0.4, -0.2) is 35.6 Å². The second-order valence-corrected chi connectivity index (χ2v) is 11.5. The number of rotatable bonds is 6. The fraction of sp³-hybridized carbons (Fsp3) is 0.242. The van der Waals surface area contributed by atoms with E-state index in [0.717, 1.165) is 68.0 Å². The molecule has 192 valence electrons. The highest BCUT2D eigenvalue weighted by atomic mass is 79.9. The van der Waals surface area contributed by atoms with Gasteiger partial charge in [-0.15, -0.1) is 0 Å². The Morgan fingerprint density at radius 2 is 1.68 bits per heavy atom. The molecule has 38 heavy (non-hydrogen) atoms. The van der Waals surface area contributed by atoms with Crippen molar-refractivity contribution in [2.24, 2.45) is 0 Å². The van der Waals surface area contributed by atoms with Crippen molar-refractivity contribution in [3.63, 3.8) is 0 Å². The molecule has 0 amide bonds. The van der Waals surface area contributed by atoms with Crippen molar-refractivity contribution >= 4 is 37.6 Å². The number of aromatic nitrogens is 1. The summed E-state index contributed by atoms with van der Waals surface area (Å²) in [5.41, 5.74) is 2.52. The van der Waals surface area contributed by atoms with Gasteiger partial charge in [0.1, 0.15) is 11.4 Å². The minimum Gasteiger partial charge on any atom is -0.438 e. The van der Waals surface area contributed by atoms with Gasteiger partial charge in [0, 0.05) is 26.7 Å². The molecule has 0 radical (unpaired) electrons. The van der Waals surface area contributed by atoms with Gasteiger partial charge in [-0.2, -0.15) is 0 Å². The lowest BCUT2D eigenvalue weighted by Crippen LogP contribution is -2.36. The molecule has 2 bridgehead atoms. The first kappa shape index (κ1) is 25.1. The number of pyridine rings is 1. The minimum absolute atomic E-state index is 0.354. The first-order valence-electron chi connectivity index (χ1n) is 13.2. The Bertz CT molecular complexity index is 1620. The standard InChI is InChI=1S/C33H31BrN2O2/c1-36(2)17-9-8-16-33(37)25-18-23-12-6-7-13-27(23)30(20-25)38-32-28(31(33)22-10-4-3-5-11-22)19-24-14-15-26(34)21-29(24)35-32/h3-7,10-15,18-21,31,37H,8-9,16-17H2,1-2H3. The van der Waals surface area contributed by atoms with E-state index in [1.165, 1.54) is 0 Å². The topological polar surface area (TPSA) is 45.6 Å². The van der Waals surface area contributed by atoms with Crippen molar-refractivity contribution in [1.29, 1.82) is 0 Å². The molecular formula is C33H31BrN2O2. The maximum Gasteiger partial charge on any atom is 0.223 e. The van der Waals surface area contributed by atoms with Crippen LogP contribution in [0.25, 0.3) is 21.7 Å². The zero-order valence-electron chi connectivity index (χ0n) is 21.7. The van der Waals surface area contributed by atoms with E-state index in [1.54, 1.807) is 0 Å². The first-order valence-corrected chi connectivity index (χ1v) is 13.9. The number of hydrogen-bond acceptors (Lipinski definition) is 4. The molecule has 1 aromatic heterocycles. The van der Waals surface area contributed by atoms with Gasteiger partial charge in [-0.1, -0.05) is 76.6 Å². The van der Waals surface area contributed by atoms with Crippen LogP contribution in [0.2, 0.25) is 0 Å². The molecule has 2 heterocycles. The zero-order chi connectivity index (χ0) is 26.3. The second kappa shape index (κ2) is 10.1. The summed E-state index contributed by atoms with van der Waals surface area (Å²) in [5.74, 6) is 0.908. The molecule has 0 fully saturated rings. The number of halogens is 1. The predicted octanol–water partition coefficient (Wildman–Crippen LogP) is 8.01.